The summed E-state index contributed by atoms with van der Waals surface area (Å²) >= 11 is 0. The van der Waals surface area contributed by atoms with Gasteiger partial charge in [-0.05, 0) is 126 Å². The predicted molar refractivity (Wildman–Crippen MR) is 243 cm³/mol. The number of rotatable bonds is 8. The van der Waals surface area contributed by atoms with Gasteiger partial charge in [0.15, 0.2) is 0 Å². The van der Waals surface area contributed by atoms with Gasteiger partial charge in [-0.1, -0.05) is 188 Å². The minimum atomic E-state index is -0.399. The Bertz CT molecular complexity index is 3400. The molecule has 0 aliphatic carbocycles. The van der Waals surface area contributed by atoms with Crippen molar-refractivity contribution in [1.82, 2.24) is 0 Å². The first-order valence-electron chi connectivity index (χ1n) is 22.9. The maximum absolute atomic E-state index is 9.74. The summed E-state index contributed by atoms with van der Waals surface area (Å²) in [5, 5.41) is 3.93. The lowest BCUT2D eigenvalue weighted by Crippen LogP contribution is -2.09. The summed E-state index contributed by atoms with van der Waals surface area (Å²) in [5.74, 6) is 0. The Hall–Kier alpha value is -7.48. The van der Waals surface area contributed by atoms with Crippen LogP contribution in [0.3, 0.4) is 0 Å². The van der Waals surface area contributed by atoms with Crippen molar-refractivity contribution in [3.8, 4) is 55.6 Å². The average Bonchev–Trinajstić information content (AvgIpc) is 3.35. The van der Waals surface area contributed by atoms with E-state index in [2.05, 4.69) is 42.5 Å². The standard InChI is InChI=1S/C56H39N/c1-3-12-40(13-4-1)42-24-31-51(32-25-42)57(52-33-26-43(27-34-52)48-19-11-20-49(38-48)50-23-22-41-14-7-8-18-47(41)39-50)53-35-28-46(29-36-53)56-54-21-10-9-17-45(54)30-37-55(56)44-15-5-2-6-16-44/h1-39H/i24D,25D,28D,29D,31D,32D,35D,36D. The average molecular weight is 734 g/mol. The predicted octanol–water partition coefficient (Wildman–Crippen LogP) is 15.8. The molecule has 1 heteroatoms. The lowest BCUT2D eigenvalue weighted by atomic mass is 9.89. The van der Waals surface area contributed by atoms with Crippen molar-refractivity contribution in [3.63, 3.8) is 0 Å². The van der Waals surface area contributed by atoms with Crippen molar-refractivity contribution < 1.29 is 11.0 Å². The highest BCUT2D eigenvalue weighted by Gasteiger charge is 2.16. The van der Waals surface area contributed by atoms with Crippen LogP contribution in [0.5, 0.6) is 0 Å². The van der Waals surface area contributed by atoms with Crippen LogP contribution in [-0.2, 0) is 0 Å². The van der Waals surface area contributed by atoms with Crippen molar-refractivity contribution in [1.29, 1.82) is 0 Å². The first-order valence-corrected chi connectivity index (χ1v) is 18.9. The summed E-state index contributed by atoms with van der Waals surface area (Å²) in [5.41, 5.74) is 6.70. The largest absolute Gasteiger partial charge is 0.311 e. The second-order valence-corrected chi connectivity index (χ2v) is 13.9. The summed E-state index contributed by atoms with van der Waals surface area (Å²) in [4.78, 5) is 1.36. The van der Waals surface area contributed by atoms with Crippen molar-refractivity contribution >= 4 is 38.6 Å². The van der Waals surface area contributed by atoms with Crippen LogP contribution >= 0.6 is 0 Å². The Kier molecular flexibility index (Phi) is 6.92. The Morgan fingerprint density at radius 3 is 1.47 bits per heavy atom. The molecule has 0 N–H and O–H groups in total. The molecule has 10 rings (SSSR count). The molecule has 0 aromatic heterocycles. The molecule has 0 radical (unpaired) electrons. The molecule has 57 heavy (non-hydrogen) atoms. The third-order valence-electron chi connectivity index (χ3n) is 10.4. The number of benzene rings is 10. The first-order chi connectivity index (χ1) is 31.6. The number of hydrogen-bond acceptors (Lipinski definition) is 1. The topological polar surface area (TPSA) is 3.24 Å². The highest BCUT2D eigenvalue weighted by molar-refractivity contribution is 6.04. The number of anilines is 3. The Morgan fingerprint density at radius 1 is 0.281 bits per heavy atom. The molecule has 1 nitrogen and oxygen atoms in total. The van der Waals surface area contributed by atoms with Gasteiger partial charge in [0.05, 0.1) is 11.0 Å². The minimum absolute atomic E-state index is 0.111. The van der Waals surface area contributed by atoms with Crippen molar-refractivity contribution in [2.75, 3.05) is 4.90 Å². The fraction of sp³-hybridized carbons (Fsp3) is 0. The van der Waals surface area contributed by atoms with Crippen LogP contribution in [0, 0.1) is 0 Å². The maximum atomic E-state index is 9.74. The van der Waals surface area contributed by atoms with Crippen LogP contribution in [0.15, 0.2) is 236 Å². The zero-order valence-electron chi connectivity index (χ0n) is 38.8. The fourth-order valence-corrected chi connectivity index (χ4v) is 7.53. The van der Waals surface area contributed by atoms with Crippen LogP contribution in [0.25, 0.3) is 77.2 Å². The molecule has 0 atom stereocenters. The van der Waals surface area contributed by atoms with Gasteiger partial charge in [0, 0.05) is 17.1 Å². The normalized spacial score (nSPS) is 13.1. The Balaban J connectivity index is 1.17. The molecule has 0 amide bonds. The monoisotopic (exact) mass is 733 g/mol. The van der Waals surface area contributed by atoms with Gasteiger partial charge >= 0.3 is 0 Å². The highest BCUT2D eigenvalue weighted by atomic mass is 15.1. The van der Waals surface area contributed by atoms with E-state index in [1.54, 1.807) is 36.4 Å². The van der Waals surface area contributed by atoms with Gasteiger partial charge in [0.1, 0.15) is 0 Å². The summed E-state index contributed by atoms with van der Waals surface area (Å²) in [6.07, 6.45) is 0. The quantitative estimate of drug-likeness (QED) is 0.150. The van der Waals surface area contributed by atoms with Gasteiger partial charge in [-0.15, -0.1) is 0 Å². The Morgan fingerprint density at radius 2 is 0.772 bits per heavy atom. The molecule has 0 aliphatic heterocycles. The molecule has 268 valence electrons. The van der Waals surface area contributed by atoms with Crippen molar-refractivity contribution in [2.24, 2.45) is 0 Å². The molecule has 0 aliphatic rings. The number of nitrogens with zero attached hydrogens (tertiary/aromatic N) is 1. The van der Waals surface area contributed by atoms with E-state index < -0.39 is 24.2 Å². The van der Waals surface area contributed by atoms with E-state index in [1.807, 2.05) is 109 Å². The van der Waals surface area contributed by atoms with Gasteiger partial charge in [0.25, 0.3) is 0 Å². The van der Waals surface area contributed by atoms with Gasteiger partial charge in [-0.25, -0.2) is 0 Å². The molecular formula is C56H39N. The van der Waals surface area contributed by atoms with Gasteiger partial charge in [-0.3, -0.25) is 0 Å². The zero-order valence-corrected chi connectivity index (χ0v) is 30.8. The zero-order chi connectivity index (χ0) is 44.9. The Labute approximate surface area is 345 Å². The third-order valence-corrected chi connectivity index (χ3v) is 10.4. The van der Waals surface area contributed by atoms with E-state index in [1.165, 1.54) is 4.90 Å². The van der Waals surface area contributed by atoms with E-state index in [-0.39, 0.29) is 46.7 Å². The summed E-state index contributed by atoms with van der Waals surface area (Å²) < 4.78 is 76.3. The van der Waals surface area contributed by atoms with Gasteiger partial charge in [-0.2, -0.15) is 0 Å². The molecule has 0 spiro atoms. The van der Waals surface area contributed by atoms with Crippen LogP contribution in [-0.4, -0.2) is 0 Å². The summed E-state index contributed by atoms with van der Waals surface area (Å²) in [6.45, 7) is 0. The lowest BCUT2D eigenvalue weighted by Gasteiger charge is -2.26. The number of fused-ring (bicyclic) bond motifs is 2. The molecule has 0 saturated carbocycles. The van der Waals surface area contributed by atoms with E-state index in [0.29, 0.717) is 16.8 Å². The molecule has 0 saturated heterocycles. The SMILES string of the molecule is [2H]c1c([2H])c(N(c2ccc(-c3cccc(-c4ccc5ccccc5c4)c3)cc2)c2c([2H])c([2H])c(-c3c(-c4ccccc4)ccc4ccccc34)c([2H])c2[2H])c([2H])c([2H])c1-c1ccccc1. The second-order valence-electron chi connectivity index (χ2n) is 13.9. The van der Waals surface area contributed by atoms with Gasteiger partial charge < -0.3 is 4.90 Å². The van der Waals surface area contributed by atoms with Gasteiger partial charge in [0.2, 0.25) is 0 Å². The molecule has 0 bridgehead atoms. The molecule has 0 heterocycles. The smallest absolute Gasteiger partial charge is 0.0645 e. The molecule has 10 aromatic carbocycles. The minimum Gasteiger partial charge on any atom is -0.311 e. The summed E-state index contributed by atoms with van der Waals surface area (Å²) in [7, 11) is 0. The molecule has 0 fully saturated rings. The maximum Gasteiger partial charge on any atom is 0.0645 e. The molecule has 0 unspecified atom stereocenters. The van der Waals surface area contributed by atoms with Crippen LogP contribution in [0.2, 0.25) is 0 Å². The van der Waals surface area contributed by atoms with E-state index in [9.17, 15) is 11.0 Å². The van der Waals surface area contributed by atoms with Crippen LogP contribution in [0.4, 0.5) is 17.1 Å². The number of hydrogen-bond donors (Lipinski definition) is 0. The van der Waals surface area contributed by atoms with Crippen molar-refractivity contribution in [2.45, 2.75) is 0 Å². The fourth-order valence-electron chi connectivity index (χ4n) is 7.53. The second kappa shape index (κ2) is 15.0. The third kappa shape index (κ3) is 6.77. The molecule has 10 aromatic rings. The highest BCUT2D eigenvalue weighted by Crippen LogP contribution is 2.42. The van der Waals surface area contributed by atoms with E-state index in [4.69, 9.17) is 0 Å². The van der Waals surface area contributed by atoms with E-state index in [0.717, 1.165) is 54.9 Å². The van der Waals surface area contributed by atoms with Crippen LogP contribution in [0.1, 0.15) is 11.0 Å². The van der Waals surface area contributed by atoms with Crippen LogP contribution < -0.4 is 4.90 Å². The lowest BCUT2D eigenvalue weighted by molar-refractivity contribution is 1.28. The summed E-state index contributed by atoms with van der Waals surface area (Å²) in [6, 6.07) is 57.4. The van der Waals surface area contributed by atoms with Crippen molar-refractivity contribution in [3.05, 3.63) is 236 Å². The first kappa shape index (κ1) is 26.3. The molecular weight excluding hydrogens is 687 g/mol. The van der Waals surface area contributed by atoms with E-state index >= 15 is 0 Å².